The van der Waals surface area contributed by atoms with Crippen LogP contribution in [0.15, 0.2) is 42.5 Å². The van der Waals surface area contributed by atoms with Crippen LogP contribution in [0.2, 0.25) is 5.02 Å². The minimum atomic E-state index is -5.02. The van der Waals surface area contributed by atoms with Gasteiger partial charge in [-0.2, -0.15) is 13.2 Å². The molecule has 2 fully saturated rings. The van der Waals surface area contributed by atoms with Crippen LogP contribution in [0.5, 0.6) is 5.75 Å². The van der Waals surface area contributed by atoms with Crippen molar-refractivity contribution >= 4 is 17.5 Å². The number of alkyl halides is 3. The number of carbonyl (C=O) groups excluding carboxylic acids is 1. The lowest BCUT2D eigenvalue weighted by molar-refractivity contribution is -0.271. The number of aromatic hydroxyl groups is 1. The predicted octanol–water partition coefficient (Wildman–Crippen LogP) is 4.97. The number of nitrogens with zero attached hydrogens (tertiary/aromatic N) is 1. The Morgan fingerprint density at radius 1 is 1.17 bits per heavy atom. The Hall–Kier alpha value is -2.36. The molecule has 2 aliphatic rings. The number of benzene rings is 2. The highest BCUT2D eigenvalue weighted by Crippen LogP contribution is 2.51. The maximum atomic E-state index is 14.4. The lowest BCUT2D eigenvalue weighted by Gasteiger charge is -2.50. The molecule has 2 aliphatic heterocycles. The second-order valence-corrected chi connectivity index (χ2v) is 9.69. The number of nitrogens with one attached hydrogen (secondary N) is 1. The monoisotopic (exact) mass is 514 g/mol. The second-order valence-electron chi connectivity index (χ2n) is 9.26. The quantitative estimate of drug-likeness (QED) is 0.565. The summed E-state index contributed by atoms with van der Waals surface area (Å²) in [5.74, 6) is -2.04. The maximum absolute atomic E-state index is 14.4. The molecule has 0 saturated carbocycles. The number of phenols is 1. The van der Waals surface area contributed by atoms with Gasteiger partial charge >= 0.3 is 6.18 Å². The molecular weight excluding hydrogens is 488 g/mol. The lowest BCUT2D eigenvalue weighted by atomic mass is 9.62. The van der Waals surface area contributed by atoms with Gasteiger partial charge in [-0.1, -0.05) is 29.8 Å². The number of hydrogen-bond donors (Lipinski definition) is 2. The number of carbonyl (C=O) groups is 1. The minimum Gasteiger partial charge on any atom is -0.508 e. The normalized spacial score (nSPS) is 22.1. The average molecular weight is 515 g/mol. The predicted molar refractivity (Wildman–Crippen MR) is 123 cm³/mol. The number of piperidine rings is 2. The van der Waals surface area contributed by atoms with E-state index in [1.54, 1.807) is 6.07 Å². The van der Waals surface area contributed by atoms with E-state index >= 15 is 0 Å². The molecule has 5 nitrogen and oxygen atoms in total. The van der Waals surface area contributed by atoms with E-state index in [9.17, 15) is 27.5 Å². The van der Waals surface area contributed by atoms with E-state index in [2.05, 4.69) is 5.32 Å². The third-order valence-electron chi connectivity index (χ3n) is 7.54. The summed E-state index contributed by atoms with van der Waals surface area (Å²) in [7, 11) is 0.873. The van der Waals surface area contributed by atoms with Crippen molar-refractivity contribution < 1.29 is 32.2 Å². The standard InChI is InChI=1S/C25H27ClF4N2O3/c1-35-24(25(28,29)30,16-3-2-4-17(26)13-16)22(34)32-11-8-23(9-12-32)7-10-31-15-20(23)19-6-5-18(27)14-21(19)33/h2-6,13-14,20,31,33H,7-12,15H2,1H3. The van der Waals surface area contributed by atoms with Gasteiger partial charge in [-0.15, -0.1) is 0 Å². The van der Waals surface area contributed by atoms with Crippen LogP contribution in [0, 0.1) is 11.2 Å². The molecule has 2 N–H and O–H groups in total. The van der Waals surface area contributed by atoms with Crippen molar-refractivity contribution in [3.05, 3.63) is 64.4 Å². The van der Waals surface area contributed by atoms with Gasteiger partial charge in [0, 0.05) is 49.3 Å². The van der Waals surface area contributed by atoms with Gasteiger partial charge in [-0.3, -0.25) is 4.79 Å². The van der Waals surface area contributed by atoms with Gasteiger partial charge in [0.1, 0.15) is 11.6 Å². The first-order chi connectivity index (χ1) is 16.5. The largest absolute Gasteiger partial charge is 0.508 e. The Balaban J connectivity index is 1.62. The number of phenolic OH excluding ortho intramolecular Hbond substituents is 1. The van der Waals surface area contributed by atoms with Crippen LogP contribution < -0.4 is 5.32 Å². The topological polar surface area (TPSA) is 61.8 Å². The summed E-state index contributed by atoms with van der Waals surface area (Å²) in [6, 6.07) is 8.98. The molecule has 0 aromatic heterocycles. The van der Waals surface area contributed by atoms with Crippen LogP contribution in [0.4, 0.5) is 17.6 Å². The van der Waals surface area contributed by atoms with Crippen molar-refractivity contribution in [1.29, 1.82) is 0 Å². The van der Waals surface area contributed by atoms with E-state index in [0.717, 1.165) is 25.7 Å². The van der Waals surface area contributed by atoms with Crippen molar-refractivity contribution in [2.75, 3.05) is 33.3 Å². The first-order valence-corrected chi connectivity index (χ1v) is 11.8. The van der Waals surface area contributed by atoms with Crippen LogP contribution in [-0.4, -0.2) is 55.4 Å². The highest BCUT2D eigenvalue weighted by Gasteiger charge is 2.64. The fraction of sp³-hybridized carbons (Fsp3) is 0.480. The molecule has 0 radical (unpaired) electrons. The molecule has 2 heterocycles. The van der Waals surface area contributed by atoms with Gasteiger partial charge in [-0.05, 0) is 55.0 Å². The molecular formula is C25H27ClF4N2O3. The molecule has 2 atom stereocenters. The van der Waals surface area contributed by atoms with Gasteiger partial charge < -0.3 is 20.1 Å². The third-order valence-corrected chi connectivity index (χ3v) is 7.77. The SMILES string of the molecule is COC(C(=O)N1CCC2(CCNCC2c2ccc(F)cc2O)CC1)(c1cccc(Cl)c1)C(F)(F)F. The molecule has 1 amide bonds. The number of amides is 1. The smallest absolute Gasteiger partial charge is 0.430 e. The number of halogens is 5. The fourth-order valence-corrected chi connectivity index (χ4v) is 5.83. The van der Waals surface area contributed by atoms with E-state index in [0.29, 0.717) is 31.5 Å². The van der Waals surface area contributed by atoms with E-state index in [1.807, 2.05) is 0 Å². The first-order valence-electron chi connectivity index (χ1n) is 11.4. The summed E-state index contributed by atoms with van der Waals surface area (Å²) in [4.78, 5) is 14.7. The molecule has 4 rings (SSSR count). The molecule has 2 aromatic rings. The van der Waals surface area contributed by atoms with Crippen molar-refractivity contribution in [1.82, 2.24) is 10.2 Å². The summed E-state index contributed by atoms with van der Waals surface area (Å²) in [5.41, 5.74) is -3.30. The molecule has 10 heteroatoms. The van der Waals surface area contributed by atoms with E-state index in [4.69, 9.17) is 16.3 Å². The Kier molecular flexibility index (Phi) is 7.05. The number of likely N-dealkylation sites (tertiary alicyclic amines) is 1. The Morgan fingerprint density at radius 3 is 2.49 bits per heavy atom. The van der Waals surface area contributed by atoms with Crippen molar-refractivity contribution in [2.45, 2.75) is 37.0 Å². The molecule has 1 spiro atoms. The van der Waals surface area contributed by atoms with Gasteiger partial charge in [0.2, 0.25) is 0 Å². The summed E-state index contributed by atoms with van der Waals surface area (Å²) < 4.78 is 61.8. The maximum Gasteiger partial charge on any atom is 0.430 e. The Morgan fingerprint density at radius 2 is 1.89 bits per heavy atom. The molecule has 190 valence electrons. The zero-order valence-corrected chi connectivity index (χ0v) is 19.9. The van der Waals surface area contributed by atoms with Crippen LogP contribution in [0.25, 0.3) is 0 Å². The zero-order chi connectivity index (χ0) is 25.4. The summed E-state index contributed by atoms with van der Waals surface area (Å²) in [6.45, 7) is 1.44. The van der Waals surface area contributed by atoms with Gasteiger partial charge in [0.25, 0.3) is 11.5 Å². The highest BCUT2D eigenvalue weighted by atomic mass is 35.5. The summed E-state index contributed by atoms with van der Waals surface area (Å²) in [5, 5.41) is 13.7. The molecule has 2 saturated heterocycles. The third kappa shape index (κ3) is 4.49. The van der Waals surface area contributed by atoms with Crippen LogP contribution in [0.3, 0.4) is 0 Å². The summed E-state index contributed by atoms with van der Waals surface area (Å²) >= 11 is 5.94. The molecule has 2 unspecified atom stereocenters. The fourth-order valence-electron chi connectivity index (χ4n) is 5.64. The summed E-state index contributed by atoms with van der Waals surface area (Å²) in [6.07, 6.45) is -3.42. The molecule has 0 bridgehead atoms. The number of ether oxygens (including phenoxy) is 1. The molecule has 2 aromatic carbocycles. The van der Waals surface area contributed by atoms with Crippen molar-refractivity contribution in [3.63, 3.8) is 0 Å². The number of rotatable bonds is 4. The molecule has 35 heavy (non-hydrogen) atoms. The van der Waals surface area contributed by atoms with E-state index in [1.165, 1.54) is 29.2 Å². The number of hydrogen-bond acceptors (Lipinski definition) is 4. The molecule has 0 aliphatic carbocycles. The Bertz CT molecular complexity index is 1090. The zero-order valence-electron chi connectivity index (χ0n) is 19.2. The Labute approximate surface area is 206 Å². The number of methoxy groups -OCH3 is 1. The minimum absolute atomic E-state index is 0.0650. The van der Waals surface area contributed by atoms with E-state index in [-0.39, 0.29) is 40.8 Å². The second kappa shape index (κ2) is 9.59. The first kappa shape index (κ1) is 25.7. The van der Waals surface area contributed by atoms with Gasteiger partial charge in [0.15, 0.2) is 0 Å². The van der Waals surface area contributed by atoms with Gasteiger partial charge in [0.05, 0.1) is 0 Å². The van der Waals surface area contributed by atoms with Crippen molar-refractivity contribution in [2.24, 2.45) is 5.41 Å². The van der Waals surface area contributed by atoms with Crippen LogP contribution in [-0.2, 0) is 15.1 Å². The van der Waals surface area contributed by atoms with Crippen molar-refractivity contribution in [3.8, 4) is 5.75 Å². The van der Waals surface area contributed by atoms with Crippen LogP contribution in [0.1, 0.15) is 36.3 Å². The lowest BCUT2D eigenvalue weighted by Crippen LogP contribution is -2.59. The highest BCUT2D eigenvalue weighted by molar-refractivity contribution is 6.30. The average Bonchev–Trinajstić information content (AvgIpc) is 2.80. The van der Waals surface area contributed by atoms with Gasteiger partial charge in [-0.25, -0.2) is 4.39 Å². The van der Waals surface area contributed by atoms with E-state index < -0.39 is 23.5 Å². The van der Waals surface area contributed by atoms with Crippen LogP contribution >= 0.6 is 11.6 Å².